The molecule has 0 rings (SSSR count). The fourth-order valence-electron chi connectivity index (χ4n) is 0. The topological polar surface area (TPSA) is 32.3 Å². The van der Waals surface area contributed by atoms with Crippen molar-refractivity contribution >= 4 is 22.9 Å². The van der Waals surface area contributed by atoms with Gasteiger partial charge in [-0.1, -0.05) is 0 Å². The third-order valence-electron chi connectivity index (χ3n) is 0.0598. The lowest BCUT2D eigenvalue weighted by Crippen LogP contribution is -1.94. The molecule has 3 heteroatoms. The summed E-state index contributed by atoms with van der Waals surface area (Å²) in [5.41, 5.74) is 0. The zero-order valence-electron chi connectivity index (χ0n) is 2.03. The lowest BCUT2D eigenvalue weighted by molar-refractivity contribution is 0.298. The summed E-state index contributed by atoms with van der Waals surface area (Å²) in [4.78, 5) is 0. The molecule has 0 bridgehead atoms. The van der Waals surface area contributed by atoms with E-state index in [4.69, 9.17) is 5.11 Å². The molecule has 0 aliphatic heterocycles. The molecule has 0 aliphatic rings. The van der Waals surface area contributed by atoms with Gasteiger partial charge in [-0.3, -0.25) is 0 Å². The minimum Gasteiger partial charge on any atom is -0.381 e. The van der Waals surface area contributed by atoms with Crippen LogP contribution >= 0.6 is 22.9 Å². The van der Waals surface area contributed by atoms with Crippen LogP contribution in [0.25, 0.3) is 0 Å². The van der Waals surface area contributed by atoms with Crippen molar-refractivity contribution in [2.24, 2.45) is 0 Å². The Morgan fingerprint density at radius 1 is 2.00 bits per heavy atom. The highest BCUT2D eigenvalue weighted by Crippen LogP contribution is 1.57. The molecule has 4 heavy (non-hydrogen) atoms. The van der Waals surface area contributed by atoms with Crippen LogP contribution in [0.5, 0.6) is 0 Å². The van der Waals surface area contributed by atoms with Gasteiger partial charge in [0.15, 0.2) is 0 Å². The van der Waals surface area contributed by atoms with E-state index in [0.29, 0.717) is 0 Å². The van der Waals surface area contributed by atoms with Gasteiger partial charge in [-0.2, -0.15) is 0 Å². The van der Waals surface area contributed by atoms with Gasteiger partial charge in [-0.05, 0) is 0 Å². The highest BCUT2D eigenvalue weighted by atomic mass is 127. The molecule has 0 saturated heterocycles. The van der Waals surface area contributed by atoms with Crippen LogP contribution in [-0.2, 0) is 0 Å². The first-order chi connectivity index (χ1) is 1.91. The first-order valence-electron chi connectivity index (χ1n) is 0.859. The van der Waals surface area contributed by atoms with E-state index in [9.17, 15) is 0 Å². The molecule has 0 spiro atoms. The molecule has 2 N–H and O–H groups in total. The van der Waals surface area contributed by atoms with Crippen LogP contribution in [0.15, 0.2) is 0 Å². The largest absolute Gasteiger partial charge is 0.381 e. The zero-order chi connectivity index (χ0) is 3.41. The number of rotatable bonds is 1. The minimum absolute atomic E-state index is 0.0561. The third kappa shape index (κ3) is 2.65. The van der Waals surface area contributed by atoms with Crippen molar-refractivity contribution in [3.63, 3.8) is 0 Å². The Labute approximate surface area is 38.7 Å². The summed E-state index contributed by atoms with van der Waals surface area (Å²) in [5, 5.41) is 7.76. The maximum absolute atomic E-state index is 7.76. The normalized spacial score (nSPS) is 7.50. The number of nitrogens with one attached hydrogen (secondary N) is 1. The van der Waals surface area contributed by atoms with Gasteiger partial charge in [0, 0.05) is 22.9 Å². The fourth-order valence-corrected chi connectivity index (χ4v) is 0. The highest BCUT2D eigenvalue weighted by molar-refractivity contribution is 14.1. The molecule has 0 aromatic heterocycles. The predicted octanol–water partition coefficient (Wildman–Crippen LogP) is -0.124. The van der Waals surface area contributed by atoms with Crippen LogP contribution in [0.1, 0.15) is 0 Å². The van der Waals surface area contributed by atoms with Crippen molar-refractivity contribution < 1.29 is 5.11 Å². The number of aliphatic hydroxyl groups excluding tert-OH is 1. The van der Waals surface area contributed by atoms with Crippen molar-refractivity contribution in [3.05, 3.63) is 0 Å². The molecule has 2 nitrogen and oxygen atoms in total. The average molecular weight is 173 g/mol. The summed E-state index contributed by atoms with van der Waals surface area (Å²) in [5.74, 6) is 0. The molecule has 26 valence electrons. The predicted molar refractivity (Wildman–Crippen MR) is 24.2 cm³/mol. The van der Waals surface area contributed by atoms with E-state index in [1.165, 1.54) is 0 Å². The van der Waals surface area contributed by atoms with Gasteiger partial charge in [0.25, 0.3) is 0 Å². The van der Waals surface area contributed by atoms with E-state index in [0.717, 1.165) is 0 Å². The van der Waals surface area contributed by atoms with Crippen molar-refractivity contribution in [1.82, 2.24) is 3.53 Å². The highest BCUT2D eigenvalue weighted by Gasteiger charge is 1.53. The number of hydrogen-bond donors (Lipinski definition) is 2. The van der Waals surface area contributed by atoms with E-state index in [1.807, 2.05) is 22.9 Å². The van der Waals surface area contributed by atoms with Gasteiger partial charge in [-0.25, -0.2) is 3.53 Å². The summed E-state index contributed by atoms with van der Waals surface area (Å²) >= 11 is 1.85. The molecular weight excluding hydrogens is 169 g/mol. The quantitative estimate of drug-likeness (QED) is 0.329. The van der Waals surface area contributed by atoms with Crippen LogP contribution in [0.2, 0.25) is 0 Å². The van der Waals surface area contributed by atoms with Crippen LogP contribution in [0.4, 0.5) is 0 Å². The molecule has 0 amide bonds. The second kappa shape index (κ2) is 3.65. The zero-order valence-corrected chi connectivity index (χ0v) is 4.19. The van der Waals surface area contributed by atoms with E-state index in [1.54, 1.807) is 0 Å². The Morgan fingerprint density at radius 3 is 2.25 bits per heavy atom. The minimum atomic E-state index is 0.0561. The number of halogens is 1. The molecule has 0 aliphatic carbocycles. The van der Waals surface area contributed by atoms with Gasteiger partial charge in [0.2, 0.25) is 0 Å². The fraction of sp³-hybridized carbons (Fsp3) is 1.00. The summed E-state index contributed by atoms with van der Waals surface area (Å²) in [6, 6.07) is 0. The molecule has 0 radical (unpaired) electrons. The summed E-state index contributed by atoms with van der Waals surface area (Å²) < 4.78 is 2.46. The Hall–Kier alpha value is 0.650. The van der Waals surface area contributed by atoms with Gasteiger partial charge in [0.05, 0.1) is 0 Å². The SMILES string of the molecule is OCNI. The lowest BCUT2D eigenvalue weighted by atomic mass is 11.4. The Morgan fingerprint density at radius 2 is 2.25 bits per heavy atom. The van der Waals surface area contributed by atoms with Gasteiger partial charge < -0.3 is 5.11 Å². The smallest absolute Gasteiger partial charge is 0.101 e. The van der Waals surface area contributed by atoms with Gasteiger partial charge >= 0.3 is 0 Å². The van der Waals surface area contributed by atoms with Crippen LogP contribution in [-0.4, -0.2) is 11.8 Å². The van der Waals surface area contributed by atoms with E-state index in [-0.39, 0.29) is 6.73 Å². The maximum Gasteiger partial charge on any atom is 0.101 e. The van der Waals surface area contributed by atoms with E-state index in [2.05, 4.69) is 3.53 Å². The molecule has 0 aromatic rings. The maximum atomic E-state index is 7.76. The van der Waals surface area contributed by atoms with E-state index < -0.39 is 0 Å². The Balaban J connectivity index is 1.97. The first-order valence-corrected chi connectivity index (χ1v) is 1.94. The Bertz CT molecular complexity index is 10.0. The van der Waals surface area contributed by atoms with Crippen LogP contribution < -0.4 is 3.53 Å². The number of hydrogen-bond acceptors (Lipinski definition) is 2. The van der Waals surface area contributed by atoms with Crippen molar-refractivity contribution in [3.8, 4) is 0 Å². The molecule has 0 unspecified atom stereocenters. The molecule has 0 heterocycles. The molecule has 0 aromatic carbocycles. The molecule has 0 fully saturated rings. The standard InChI is InChI=1S/CH4INO/c2-3-1-4/h3-4H,1H2. The second-order valence-corrected chi connectivity index (χ2v) is 1.05. The monoisotopic (exact) mass is 173 g/mol. The lowest BCUT2D eigenvalue weighted by Gasteiger charge is -1.73. The molecule has 0 atom stereocenters. The van der Waals surface area contributed by atoms with Gasteiger partial charge in [0.1, 0.15) is 6.73 Å². The average Bonchev–Trinajstić information content (AvgIpc) is 1.37. The van der Waals surface area contributed by atoms with E-state index >= 15 is 0 Å². The Kier molecular flexibility index (Phi) is 4.24. The first kappa shape index (κ1) is 4.65. The summed E-state index contributed by atoms with van der Waals surface area (Å²) in [7, 11) is 0. The van der Waals surface area contributed by atoms with Crippen molar-refractivity contribution in [2.75, 3.05) is 6.73 Å². The second-order valence-electron chi connectivity index (χ2n) is 0.292. The van der Waals surface area contributed by atoms with Crippen molar-refractivity contribution in [1.29, 1.82) is 0 Å². The molecular formula is CH4INO. The van der Waals surface area contributed by atoms with Crippen LogP contribution in [0.3, 0.4) is 0 Å². The molecule has 0 saturated carbocycles. The summed E-state index contributed by atoms with van der Waals surface area (Å²) in [6.07, 6.45) is 0. The van der Waals surface area contributed by atoms with Crippen LogP contribution in [0, 0.1) is 0 Å². The number of aliphatic hydroxyl groups is 1. The van der Waals surface area contributed by atoms with Gasteiger partial charge in [-0.15, -0.1) is 0 Å². The van der Waals surface area contributed by atoms with Crippen molar-refractivity contribution in [2.45, 2.75) is 0 Å². The third-order valence-corrected chi connectivity index (χ3v) is 0.401. The summed E-state index contributed by atoms with van der Waals surface area (Å²) in [6.45, 7) is 0.0561.